The van der Waals surface area contributed by atoms with Crippen LogP contribution in [0.3, 0.4) is 0 Å². The zero-order valence-electron chi connectivity index (χ0n) is 10.7. The third kappa shape index (κ3) is 2.03. The molecule has 96 valence electrons. The van der Waals surface area contributed by atoms with Crippen LogP contribution < -0.4 is 5.32 Å². The molecule has 1 heterocycles. The average molecular weight is 244 g/mol. The molecule has 1 aromatic carbocycles. The van der Waals surface area contributed by atoms with E-state index in [0.717, 1.165) is 45.4 Å². The molecule has 3 rings (SSSR count). The first kappa shape index (κ1) is 11.7. The summed E-state index contributed by atoms with van der Waals surface area (Å²) < 4.78 is 0. The number of benzene rings is 1. The van der Waals surface area contributed by atoms with Crippen molar-refractivity contribution in [1.29, 1.82) is 0 Å². The monoisotopic (exact) mass is 244 g/mol. The summed E-state index contributed by atoms with van der Waals surface area (Å²) in [6.45, 7) is 3.71. The summed E-state index contributed by atoms with van der Waals surface area (Å²) >= 11 is 0. The topological polar surface area (TPSA) is 32.3 Å². The number of nitrogens with zero attached hydrogens (tertiary/aromatic N) is 1. The Balaban J connectivity index is 1.79. The van der Waals surface area contributed by atoms with Crippen molar-refractivity contribution < 1.29 is 4.79 Å². The molecule has 1 saturated carbocycles. The summed E-state index contributed by atoms with van der Waals surface area (Å²) in [6, 6.07) is 10.3. The molecule has 1 aliphatic heterocycles. The highest BCUT2D eigenvalue weighted by Gasteiger charge is 2.52. The SMILES string of the molecule is O=C(N1CCCNCC1)C1(c2ccccc2)CC1. The Labute approximate surface area is 108 Å². The maximum Gasteiger partial charge on any atom is 0.233 e. The van der Waals surface area contributed by atoms with E-state index >= 15 is 0 Å². The van der Waals surface area contributed by atoms with Crippen LogP contribution in [0.1, 0.15) is 24.8 Å². The van der Waals surface area contributed by atoms with Crippen molar-refractivity contribution in [1.82, 2.24) is 10.2 Å². The minimum atomic E-state index is -0.189. The molecule has 1 aromatic rings. The van der Waals surface area contributed by atoms with E-state index in [2.05, 4.69) is 22.3 Å². The summed E-state index contributed by atoms with van der Waals surface area (Å²) in [5.74, 6) is 0.345. The van der Waals surface area contributed by atoms with Gasteiger partial charge in [-0.3, -0.25) is 4.79 Å². The van der Waals surface area contributed by atoms with Crippen molar-refractivity contribution in [3.05, 3.63) is 35.9 Å². The van der Waals surface area contributed by atoms with Gasteiger partial charge in [0.15, 0.2) is 0 Å². The molecular weight excluding hydrogens is 224 g/mol. The lowest BCUT2D eigenvalue weighted by molar-refractivity contribution is -0.133. The van der Waals surface area contributed by atoms with E-state index in [0.29, 0.717) is 5.91 Å². The highest BCUT2D eigenvalue weighted by atomic mass is 16.2. The van der Waals surface area contributed by atoms with Gasteiger partial charge in [0.2, 0.25) is 5.91 Å². The van der Waals surface area contributed by atoms with Gasteiger partial charge in [-0.05, 0) is 31.4 Å². The Morgan fingerprint density at radius 2 is 1.89 bits per heavy atom. The van der Waals surface area contributed by atoms with Crippen molar-refractivity contribution in [2.45, 2.75) is 24.7 Å². The van der Waals surface area contributed by atoms with Crippen molar-refractivity contribution in [2.75, 3.05) is 26.2 Å². The zero-order chi connectivity index (χ0) is 12.4. The van der Waals surface area contributed by atoms with E-state index in [1.807, 2.05) is 18.2 Å². The number of carbonyl (C=O) groups excluding carboxylic acids is 1. The third-order valence-electron chi connectivity index (χ3n) is 4.11. The molecule has 2 fully saturated rings. The van der Waals surface area contributed by atoms with Gasteiger partial charge in [-0.25, -0.2) is 0 Å². The lowest BCUT2D eigenvalue weighted by Crippen LogP contribution is -2.41. The summed E-state index contributed by atoms with van der Waals surface area (Å²) in [5, 5.41) is 3.35. The van der Waals surface area contributed by atoms with Gasteiger partial charge in [0.05, 0.1) is 5.41 Å². The molecule has 1 saturated heterocycles. The molecule has 0 radical (unpaired) electrons. The fourth-order valence-electron chi connectivity index (χ4n) is 2.86. The molecule has 0 bridgehead atoms. The van der Waals surface area contributed by atoms with Crippen LogP contribution in [0.5, 0.6) is 0 Å². The van der Waals surface area contributed by atoms with Crippen LogP contribution in [0.2, 0.25) is 0 Å². The second-order valence-electron chi connectivity index (χ2n) is 5.34. The second-order valence-corrected chi connectivity index (χ2v) is 5.34. The zero-order valence-corrected chi connectivity index (χ0v) is 10.7. The highest BCUT2D eigenvalue weighted by Crippen LogP contribution is 2.49. The fourth-order valence-corrected chi connectivity index (χ4v) is 2.86. The highest BCUT2D eigenvalue weighted by molar-refractivity contribution is 5.91. The van der Waals surface area contributed by atoms with Crippen LogP contribution in [0, 0.1) is 0 Å². The third-order valence-corrected chi connectivity index (χ3v) is 4.11. The maximum atomic E-state index is 12.7. The van der Waals surface area contributed by atoms with Gasteiger partial charge in [0.1, 0.15) is 0 Å². The van der Waals surface area contributed by atoms with Gasteiger partial charge in [-0.1, -0.05) is 30.3 Å². The van der Waals surface area contributed by atoms with Crippen LogP contribution >= 0.6 is 0 Å². The molecule has 1 aliphatic carbocycles. The molecule has 3 nitrogen and oxygen atoms in total. The standard InChI is InChI=1S/C15H20N2O/c18-14(17-11-4-9-16-10-12-17)15(7-8-15)13-5-2-1-3-6-13/h1-3,5-6,16H,4,7-12H2. The normalized spacial score (nSPS) is 22.3. The first-order chi connectivity index (χ1) is 8.83. The van der Waals surface area contributed by atoms with E-state index in [-0.39, 0.29) is 5.41 Å². The number of hydrogen-bond acceptors (Lipinski definition) is 2. The van der Waals surface area contributed by atoms with E-state index in [4.69, 9.17) is 0 Å². The lowest BCUT2D eigenvalue weighted by Gasteiger charge is -2.26. The molecular formula is C15H20N2O. The summed E-state index contributed by atoms with van der Waals surface area (Å²) in [5.41, 5.74) is 1.01. The quantitative estimate of drug-likeness (QED) is 0.856. The number of nitrogens with one attached hydrogen (secondary N) is 1. The Kier molecular flexibility index (Phi) is 3.08. The Morgan fingerprint density at radius 1 is 1.11 bits per heavy atom. The first-order valence-electron chi connectivity index (χ1n) is 6.89. The molecule has 1 amide bonds. The van der Waals surface area contributed by atoms with Crippen molar-refractivity contribution in [3.8, 4) is 0 Å². The smallest absolute Gasteiger partial charge is 0.233 e. The van der Waals surface area contributed by atoms with E-state index in [9.17, 15) is 4.79 Å². The summed E-state index contributed by atoms with van der Waals surface area (Å²) in [6.07, 6.45) is 3.09. The van der Waals surface area contributed by atoms with Crippen LogP contribution in [0.25, 0.3) is 0 Å². The molecule has 2 aliphatic rings. The van der Waals surface area contributed by atoms with Crippen LogP contribution in [-0.2, 0) is 10.2 Å². The largest absolute Gasteiger partial charge is 0.341 e. The van der Waals surface area contributed by atoms with Gasteiger partial charge >= 0.3 is 0 Å². The number of amides is 1. The Bertz CT molecular complexity index is 417. The van der Waals surface area contributed by atoms with Crippen molar-refractivity contribution in [3.63, 3.8) is 0 Å². The maximum absolute atomic E-state index is 12.7. The lowest BCUT2D eigenvalue weighted by atomic mass is 9.94. The molecule has 0 unspecified atom stereocenters. The predicted molar refractivity (Wildman–Crippen MR) is 71.4 cm³/mol. The number of rotatable bonds is 2. The number of carbonyl (C=O) groups is 1. The van der Waals surface area contributed by atoms with Gasteiger partial charge in [-0.15, -0.1) is 0 Å². The predicted octanol–water partition coefficient (Wildman–Crippen LogP) is 1.54. The first-order valence-corrected chi connectivity index (χ1v) is 6.89. The fraction of sp³-hybridized carbons (Fsp3) is 0.533. The van der Waals surface area contributed by atoms with Gasteiger partial charge in [-0.2, -0.15) is 0 Å². The molecule has 0 aromatic heterocycles. The molecule has 0 spiro atoms. The Morgan fingerprint density at radius 3 is 2.61 bits per heavy atom. The molecule has 0 atom stereocenters. The molecule has 1 N–H and O–H groups in total. The van der Waals surface area contributed by atoms with E-state index in [1.54, 1.807) is 0 Å². The molecule has 18 heavy (non-hydrogen) atoms. The van der Waals surface area contributed by atoms with Crippen molar-refractivity contribution >= 4 is 5.91 Å². The van der Waals surface area contributed by atoms with Crippen LogP contribution in [0.15, 0.2) is 30.3 Å². The van der Waals surface area contributed by atoms with Gasteiger partial charge < -0.3 is 10.2 Å². The molecule has 3 heteroatoms. The second kappa shape index (κ2) is 4.73. The van der Waals surface area contributed by atoms with Crippen molar-refractivity contribution in [2.24, 2.45) is 0 Å². The van der Waals surface area contributed by atoms with Gasteiger partial charge in [0.25, 0.3) is 0 Å². The van der Waals surface area contributed by atoms with E-state index < -0.39 is 0 Å². The summed E-state index contributed by atoms with van der Waals surface area (Å²) in [4.78, 5) is 14.8. The summed E-state index contributed by atoms with van der Waals surface area (Å²) in [7, 11) is 0. The van der Waals surface area contributed by atoms with Gasteiger partial charge in [0, 0.05) is 19.6 Å². The minimum Gasteiger partial charge on any atom is -0.341 e. The van der Waals surface area contributed by atoms with Crippen LogP contribution in [0.4, 0.5) is 0 Å². The van der Waals surface area contributed by atoms with E-state index in [1.165, 1.54) is 5.56 Å². The van der Waals surface area contributed by atoms with Crippen LogP contribution in [-0.4, -0.2) is 37.0 Å². The number of hydrogen-bond donors (Lipinski definition) is 1. The Hall–Kier alpha value is -1.35. The average Bonchev–Trinajstić information content (AvgIpc) is 3.24. The minimum absolute atomic E-state index is 0.189.